The number of urea groups is 1. The van der Waals surface area contributed by atoms with Gasteiger partial charge in [0.2, 0.25) is 0 Å². The number of carboxylic acids is 1. The molecule has 110 valence electrons. The molecule has 1 atom stereocenters. The predicted octanol–water partition coefficient (Wildman–Crippen LogP) is 2.51. The van der Waals surface area contributed by atoms with Gasteiger partial charge in [-0.25, -0.2) is 4.79 Å². The first-order valence-electron chi connectivity index (χ1n) is 7.32. The Bertz CT molecular complexity index is 299. The minimum atomic E-state index is -0.712. The van der Waals surface area contributed by atoms with Crippen LogP contribution in [0.25, 0.3) is 0 Å². The number of carbonyl (C=O) groups is 2. The molecule has 0 radical (unpaired) electrons. The van der Waals surface area contributed by atoms with E-state index in [1.165, 1.54) is 0 Å². The Labute approximate surface area is 115 Å². The summed E-state index contributed by atoms with van der Waals surface area (Å²) < 4.78 is 0. The van der Waals surface area contributed by atoms with Gasteiger partial charge < -0.3 is 15.7 Å². The van der Waals surface area contributed by atoms with Gasteiger partial charge in [0.05, 0.1) is 5.92 Å². The van der Waals surface area contributed by atoms with Crippen LogP contribution >= 0.6 is 0 Å². The molecule has 0 aromatic carbocycles. The number of carboxylic acid groups (broad SMARTS) is 1. The second-order valence-corrected chi connectivity index (χ2v) is 5.55. The summed E-state index contributed by atoms with van der Waals surface area (Å²) in [5.41, 5.74) is 0. The van der Waals surface area contributed by atoms with Crippen molar-refractivity contribution >= 4 is 12.0 Å². The summed E-state index contributed by atoms with van der Waals surface area (Å²) in [5.74, 6) is -0.944. The lowest BCUT2D eigenvalue weighted by atomic mass is 9.86. The molecule has 5 nitrogen and oxygen atoms in total. The first-order chi connectivity index (χ1) is 9.02. The van der Waals surface area contributed by atoms with E-state index in [0.29, 0.717) is 12.8 Å². The Morgan fingerprint density at radius 1 is 1.26 bits per heavy atom. The highest BCUT2D eigenvalue weighted by Gasteiger charge is 2.26. The second kappa shape index (κ2) is 8.02. The van der Waals surface area contributed by atoms with Gasteiger partial charge in [0, 0.05) is 12.1 Å². The third-order valence-electron chi connectivity index (χ3n) is 3.78. The van der Waals surface area contributed by atoms with Crippen molar-refractivity contribution in [2.24, 2.45) is 5.92 Å². The van der Waals surface area contributed by atoms with E-state index in [9.17, 15) is 9.59 Å². The second-order valence-electron chi connectivity index (χ2n) is 5.55. The molecule has 1 saturated carbocycles. The molecule has 2 amide bonds. The van der Waals surface area contributed by atoms with E-state index in [2.05, 4.69) is 17.6 Å². The van der Waals surface area contributed by atoms with Crippen molar-refractivity contribution < 1.29 is 14.7 Å². The van der Waals surface area contributed by atoms with E-state index < -0.39 is 5.97 Å². The number of hydrogen-bond donors (Lipinski definition) is 3. The molecule has 5 heteroatoms. The summed E-state index contributed by atoms with van der Waals surface area (Å²) in [5, 5.41) is 14.8. The van der Waals surface area contributed by atoms with Gasteiger partial charge in [0.25, 0.3) is 0 Å². The fraction of sp³-hybridized carbons (Fsp3) is 0.857. The van der Waals surface area contributed by atoms with Crippen molar-refractivity contribution in [3.63, 3.8) is 0 Å². The van der Waals surface area contributed by atoms with E-state index in [1.807, 2.05) is 6.92 Å². The van der Waals surface area contributed by atoms with Crippen molar-refractivity contribution in [1.82, 2.24) is 10.6 Å². The summed E-state index contributed by atoms with van der Waals surface area (Å²) in [4.78, 5) is 22.6. The zero-order chi connectivity index (χ0) is 14.3. The Morgan fingerprint density at radius 2 is 1.89 bits per heavy atom. The fourth-order valence-electron chi connectivity index (χ4n) is 2.52. The maximum atomic E-state index is 11.8. The molecule has 1 rings (SSSR count). The van der Waals surface area contributed by atoms with E-state index in [-0.39, 0.29) is 24.0 Å². The van der Waals surface area contributed by atoms with Gasteiger partial charge in [-0.1, -0.05) is 19.8 Å². The van der Waals surface area contributed by atoms with Crippen molar-refractivity contribution in [3.8, 4) is 0 Å². The smallest absolute Gasteiger partial charge is 0.315 e. The summed E-state index contributed by atoms with van der Waals surface area (Å²) >= 11 is 0. The van der Waals surface area contributed by atoms with Crippen LogP contribution in [-0.4, -0.2) is 29.2 Å². The first kappa shape index (κ1) is 15.8. The maximum Gasteiger partial charge on any atom is 0.315 e. The number of amides is 2. The Balaban J connectivity index is 2.21. The molecule has 1 fully saturated rings. The molecule has 1 aliphatic rings. The van der Waals surface area contributed by atoms with Crippen LogP contribution in [0.3, 0.4) is 0 Å². The van der Waals surface area contributed by atoms with E-state index in [0.717, 1.165) is 32.1 Å². The SMILES string of the molecule is CCCCC(C)NC(=O)NC1CCC(C(=O)O)CC1. The molecular formula is C14H26N2O3. The molecule has 0 saturated heterocycles. The topological polar surface area (TPSA) is 78.4 Å². The molecule has 0 heterocycles. The third-order valence-corrected chi connectivity index (χ3v) is 3.78. The van der Waals surface area contributed by atoms with Crippen LogP contribution in [-0.2, 0) is 4.79 Å². The number of rotatable bonds is 6. The van der Waals surface area contributed by atoms with Crippen molar-refractivity contribution in [1.29, 1.82) is 0 Å². The summed E-state index contributed by atoms with van der Waals surface area (Å²) in [7, 11) is 0. The van der Waals surface area contributed by atoms with E-state index in [1.54, 1.807) is 0 Å². The predicted molar refractivity (Wildman–Crippen MR) is 74.0 cm³/mol. The Hall–Kier alpha value is -1.26. The number of hydrogen-bond acceptors (Lipinski definition) is 2. The van der Waals surface area contributed by atoms with Crippen LogP contribution in [0, 0.1) is 5.92 Å². The number of aliphatic carboxylic acids is 1. The summed E-state index contributed by atoms with van der Waals surface area (Å²) in [6.45, 7) is 4.14. The number of carbonyl (C=O) groups excluding carboxylic acids is 1. The van der Waals surface area contributed by atoms with Gasteiger partial charge in [-0.3, -0.25) is 4.79 Å². The molecule has 19 heavy (non-hydrogen) atoms. The fourth-order valence-corrected chi connectivity index (χ4v) is 2.52. The van der Waals surface area contributed by atoms with Crippen LogP contribution in [0.4, 0.5) is 4.79 Å². The number of nitrogens with one attached hydrogen (secondary N) is 2. The zero-order valence-corrected chi connectivity index (χ0v) is 11.9. The Morgan fingerprint density at radius 3 is 2.42 bits per heavy atom. The van der Waals surface area contributed by atoms with Crippen LogP contribution < -0.4 is 10.6 Å². The van der Waals surface area contributed by atoms with Gasteiger partial charge in [-0.05, 0) is 39.0 Å². The molecular weight excluding hydrogens is 244 g/mol. The van der Waals surface area contributed by atoms with Crippen molar-refractivity contribution in [2.75, 3.05) is 0 Å². The van der Waals surface area contributed by atoms with Crippen LogP contribution in [0.2, 0.25) is 0 Å². The number of unbranched alkanes of at least 4 members (excludes halogenated alkanes) is 1. The van der Waals surface area contributed by atoms with Gasteiger partial charge in [0.15, 0.2) is 0 Å². The average Bonchev–Trinajstić information content (AvgIpc) is 2.36. The molecule has 0 bridgehead atoms. The maximum absolute atomic E-state index is 11.8. The molecule has 1 aliphatic carbocycles. The zero-order valence-electron chi connectivity index (χ0n) is 11.9. The minimum Gasteiger partial charge on any atom is -0.481 e. The molecule has 0 aromatic heterocycles. The molecule has 1 unspecified atom stereocenters. The monoisotopic (exact) mass is 270 g/mol. The summed E-state index contributed by atoms with van der Waals surface area (Å²) in [6, 6.07) is 0.187. The lowest BCUT2D eigenvalue weighted by molar-refractivity contribution is -0.142. The van der Waals surface area contributed by atoms with Crippen LogP contribution in [0.5, 0.6) is 0 Å². The van der Waals surface area contributed by atoms with Gasteiger partial charge in [-0.2, -0.15) is 0 Å². The highest BCUT2D eigenvalue weighted by atomic mass is 16.4. The molecule has 0 aliphatic heterocycles. The third kappa shape index (κ3) is 5.94. The normalized spacial score (nSPS) is 24.5. The first-order valence-corrected chi connectivity index (χ1v) is 7.32. The lowest BCUT2D eigenvalue weighted by Gasteiger charge is -2.27. The van der Waals surface area contributed by atoms with Gasteiger partial charge in [0.1, 0.15) is 0 Å². The van der Waals surface area contributed by atoms with Crippen LogP contribution in [0.15, 0.2) is 0 Å². The highest BCUT2D eigenvalue weighted by molar-refractivity contribution is 5.74. The Kier molecular flexibility index (Phi) is 6.67. The largest absolute Gasteiger partial charge is 0.481 e. The average molecular weight is 270 g/mol. The summed E-state index contributed by atoms with van der Waals surface area (Å²) in [6.07, 6.45) is 6.08. The van der Waals surface area contributed by atoms with Crippen molar-refractivity contribution in [2.45, 2.75) is 70.9 Å². The quantitative estimate of drug-likeness (QED) is 0.694. The van der Waals surface area contributed by atoms with Crippen molar-refractivity contribution in [3.05, 3.63) is 0 Å². The minimum absolute atomic E-state index is 0.119. The molecule has 0 aromatic rings. The van der Waals surface area contributed by atoms with Gasteiger partial charge >= 0.3 is 12.0 Å². The molecule has 3 N–H and O–H groups in total. The standard InChI is InChI=1S/C14H26N2O3/c1-3-4-5-10(2)15-14(19)16-12-8-6-11(7-9-12)13(17)18/h10-12H,3-9H2,1-2H3,(H,17,18)(H2,15,16,19). The van der Waals surface area contributed by atoms with E-state index in [4.69, 9.17) is 5.11 Å². The molecule has 0 spiro atoms. The van der Waals surface area contributed by atoms with E-state index >= 15 is 0 Å². The van der Waals surface area contributed by atoms with Crippen LogP contribution in [0.1, 0.15) is 58.8 Å². The lowest BCUT2D eigenvalue weighted by Crippen LogP contribution is -2.46. The highest BCUT2D eigenvalue weighted by Crippen LogP contribution is 2.24. The van der Waals surface area contributed by atoms with Gasteiger partial charge in [-0.15, -0.1) is 0 Å².